The van der Waals surface area contributed by atoms with Crippen LogP contribution in [0, 0.1) is 6.92 Å². The summed E-state index contributed by atoms with van der Waals surface area (Å²) in [5.74, 6) is -0.715. The quantitative estimate of drug-likeness (QED) is 0.666. The average Bonchev–Trinajstić information content (AvgIpc) is 2.68. The standard InChI is InChI=1S/C12H14O2/c1-3-12(13-8-9-14-12)11-6-4-10(2)5-7-11/h3-7H,1,8-9H2,2H3. The summed E-state index contributed by atoms with van der Waals surface area (Å²) in [5.41, 5.74) is 2.24. The molecule has 14 heavy (non-hydrogen) atoms. The minimum absolute atomic E-state index is 0.625. The summed E-state index contributed by atoms with van der Waals surface area (Å²) >= 11 is 0. The largest absolute Gasteiger partial charge is 0.340 e. The van der Waals surface area contributed by atoms with Crippen molar-refractivity contribution in [1.29, 1.82) is 0 Å². The summed E-state index contributed by atoms with van der Waals surface area (Å²) < 4.78 is 11.2. The van der Waals surface area contributed by atoms with E-state index >= 15 is 0 Å². The van der Waals surface area contributed by atoms with Crippen LogP contribution in [0.15, 0.2) is 36.9 Å². The molecule has 1 aliphatic heterocycles. The van der Waals surface area contributed by atoms with Gasteiger partial charge in [0.2, 0.25) is 5.79 Å². The summed E-state index contributed by atoms with van der Waals surface area (Å²) in [6.45, 7) is 7.07. The number of rotatable bonds is 2. The SMILES string of the molecule is C=CC1(c2ccc(C)cc2)OCCO1. The molecule has 2 heteroatoms. The minimum atomic E-state index is -0.715. The summed E-state index contributed by atoms with van der Waals surface area (Å²) in [5, 5.41) is 0. The highest BCUT2D eigenvalue weighted by Gasteiger charge is 2.34. The molecule has 0 bridgehead atoms. The Morgan fingerprint density at radius 2 is 1.79 bits per heavy atom. The van der Waals surface area contributed by atoms with Crippen LogP contribution in [-0.4, -0.2) is 13.2 Å². The van der Waals surface area contributed by atoms with E-state index in [0.717, 1.165) is 5.56 Å². The predicted molar refractivity (Wildman–Crippen MR) is 55.0 cm³/mol. The van der Waals surface area contributed by atoms with Crippen LogP contribution >= 0.6 is 0 Å². The van der Waals surface area contributed by atoms with Gasteiger partial charge in [0.25, 0.3) is 0 Å². The van der Waals surface area contributed by atoms with E-state index in [-0.39, 0.29) is 0 Å². The summed E-state index contributed by atoms with van der Waals surface area (Å²) in [7, 11) is 0. The van der Waals surface area contributed by atoms with Crippen molar-refractivity contribution in [3.05, 3.63) is 48.0 Å². The van der Waals surface area contributed by atoms with E-state index in [1.165, 1.54) is 5.56 Å². The van der Waals surface area contributed by atoms with Gasteiger partial charge in [-0.15, -0.1) is 0 Å². The van der Waals surface area contributed by atoms with Gasteiger partial charge in [-0.2, -0.15) is 0 Å². The van der Waals surface area contributed by atoms with Gasteiger partial charge in [0, 0.05) is 5.56 Å². The van der Waals surface area contributed by atoms with Gasteiger partial charge < -0.3 is 9.47 Å². The van der Waals surface area contributed by atoms with Crippen molar-refractivity contribution < 1.29 is 9.47 Å². The molecule has 0 atom stereocenters. The van der Waals surface area contributed by atoms with Gasteiger partial charge in [0.15, 0.2) is 0 Å². The molecule has 0 amide bonds. The first kappa shape index (κ1) is 9.44. The van der Waals surface area contributed by atoms with Gasteiger partial charge >= 0.3 is 0 Å². The van der Waals surface area contributed by atoms with Crippen molar-refractivity contribution in [3.63, 3.8) is 0 Å². The van der Waals surface area contributed by atoms with Crippen LogP contribution in [-0.2, 0) is 15.3 Å². The zero-order valence-electron chi connectivity index (χ0n) is 8.32. The second-order valence-corrected chi connectivity index (χ2v) is 3.43. The van der Waals surface area contributed by atoms with Gasteiger partial charge in [-0.05, 0) is 13.0 Å². The third kappa shape index (κ3) is 1.47. The third-order valence-electron chi connectivity index (χ3n) is 2.44. The lowest BCUT2D eigenvalue weighted by atomic mass is 10.0. The molecule has 2 rings (SSSR count). The molecule has 1 saturated heterocycles. The van der Waals surface area contributed by atoms with Gasteiger partial charge in [-0.25, -0.2) is 0 Å². The second kappa shape index (κ2) is 3.56. The van der Waals surface area contributed by atoms with E-state index in [4.69, 9.17) is 9.47 Å². The van der Waals surface area contributed by atoms with E-state index in [1.807, 2.05) is 24.3 Å². The molecule has 1 aliphatic rings. The fourth-order valence-corrected chi connectivity index (χ4v) is 1.62. The normalized spacial score (nSPS) is 19.5. The molecule has 2 nitrogen and oxygen atoms in total. The lowest BCUT2D eigenvalue weighted by Gasteiger charge is -2.23. The van der Waals surface area contributed by atoms with Crippen LogP contribution in [0.3, 0.4) is 0 Å². The van der Waals surface area contributed by atoms with Crippen LogP contribution in [0.2, 0.25) is 0 Å². The monoisotopic (exact) mass is 190 g/mol. The molecule has 1 heterocycles. The maximum atomic E-state index is 5.58. The van der Waals surface area contributed by atoms with Crippen LogP contribution in [0.1, 0.15) is 11.1 Å². The van der Waals surface area contributed by atoms with E-state index in [9.17, 15) is 0 Å². The van der Waals surface area contributed by atoms with Crippen molar-refractivity contribution in [2.75, 3.05) is 13.2 Å². The Labute approximate surface area is 84.2 Å². The number of hydrogen-bond donors (Lipinski definition) is 0. The molecular weight excluding hydrogens is 176 g/mol. The fraction of sp³-hybridized carbons (Fsp3) is 0.333. The minimum Gasteiger partial charge on any atom is -0.340 e. The smallest absolute Gasteiger partial charge is 0.215 e. The highest BCUT2D eigenvalue weighted by Crippen LogP contribution is 2.32. The Bertz CT molecular complexity index is 321. The molecule has 0 aliphatic carbocycles. The molecule has 1 aromatic carbocycles. The van der Waals surface area contributed by atoms with Crippen molar-refractivity contribution in [1.82, 2.24) is 0 Å². The molecule has 0 saturated carbocycles. The first-order chi connectivity index (χ1) is 6.77. The Hall–Kier alpha value is -1.12. The second-order valence-electron chi connectivity index (χ2n) is 3.43. The van der Waals surface area contributed by atoms with E-state index in [0.29, 0.717) is 13.2 Å². The molecule has 0 aromatic heterocycles. The predicted octanol–water partition coefficient (Wildman–Crippen LogP) is 2.38. The first-order valence-corrected chi connectivity index (χ1v) is 4.75. The zero-order valence-corrected chi connectivity index (χ0v) is 8.32. The van der Waals surface area contributed by atoms with E-state index in [1.54, 1.807) is 6.08 Å². The summed E-state index contributed by atoms with van der Waals surface area (Å²) in [4.78, 5) is 0. The zero-order chi connectivity index (χ0) is 10.0. The van der Waals surface area contributed by atoms with Crippen molar-refractivity contribution in [2.24, 2.45) is 0 Å². The molecule has 0 N–H and O–H groups in total. The summed E-state index contributed by atoms with van der Waals surface area (Å²) in [6.07, 6.45) is 1.71. The molecule has 1 aromatic rings. The van der Waals surface area contributed by atoms with Gasteiger partial charge in [-0.3, -0.25) is 0 Å². The Balaban J connectivity index is 2.36. The highest BCUT2D eigenvalue weighted by molar-refractivity contribution is 5.28. The first-order valence-electron chi connectivity index (χ1n) is 4.75. The van der Waals surface area contributed by atoms with Crippen LogP contribution < -0.4 is 0 Å². The number of ether oxygens (including phenoxy) is 2. The van der Waals surface area contributed by atoms with Gasteiger partial charge in [0.05, 0.1) is 13.2 Å². The van der Waals surface area contributed by atoms with Crippen molar-refractivity contribution in [3.8, 4) is 0 Å². The maximum Gasteiger partial charge on any atom is 0.215 e. The molecule has 1 fully saturated rings. The van der Waals surface area contributed by atoms with Gasteiger partial charge in [0.1, 0.15) is 0 Å². The van der Waals surface area contributed by atoms with Crippen molar-refractivity contribution in [2.45, 2.75) is 12.7 Å². The lowest BCUT2D eigenvalue weighted by molar-refractivity contribution is -0.123. The number of benzene rings is 1. The van der Waals surface area contributed by atoms with Crippen LogP contribution in [0.4, 0.5) is 0 Å². The molecular formula is C12H14O2. The van der Waals surface area contributed by atoms with E-state index < -0.39 is 5.79 Å². The number of aryl methyl sites for hydroxylation is 1. The molecule has 0 spiro atoms. The van der Waals surface area contributed by atoms with Crippen LogP contribution in [0.25, 0.3) is 0 Å². The number of hydrogen-bond acceptors (Lipinski definition) is 2. The molecule has 0 radical (unpaired) electrons. The fourth-order valence-electron chi connectivity index (χ4n) is 1.62. The third-order valence-corrected chi connectivity index (χ3v) is 2.44. The van der Waals surface area contributed by atoms with Gasteiger partial charge in [-0.1, -0.05) is 36.4 Å². The Morgan fingerprint density at radius 3 is 2.29 bits per heavy atom. The average molecular weight is 190 g/mol. The van der Waals surface area contributed by atoms with E-state index in [2.05, 4.69) is 13.5 Å². The Kier molecular flexibility index (Phi) is 2.40. The Morgan fingerprint density at radius 1 is 1.21 bits per heavy atom. The topological polar surface area (TPSA) is 18.5 Å². The van der Waals surface area contributed by atoms with Crippen molar-refractivity contribution >= 4 is 0 Å². The summed E-state index contributed by atoms with van der Waals surface area (Å²) in [6, 6.07) is 8.13. The molecule has 0 unspecified atom stereocenters. The highest BCUT2D eigenvalue weighted by atomic mass is 16.7. The van der Waals surface area contributed by atoms with Crippen LogP contribution in [0.5, 0.6) is 0 Å². The lowest BCUT2D eigenvalue weighted by Crippen LogP contribution is -2.23. The molecule has 74 valence electrons. The maximum absolute atomic E-state index is 5.58.